The average Bonchev–Trinajstić information content (AvgIpc) is 3.30. The lowest BCUT2D eigenvalue weighted by Gasteiger charge is -2.32. The number of anilines is 1. The minimum absolute atomic E-state index is 0.0576. The van der Waals surface area contributed by atoms with E-state index in [0.29, 0.717) is 38.2 Å². The predicted molar refractivity (Wildman–Crippen MR) is 183 cm³/mol. The molecule has 8 heteroatoms. The first-order chi connectivity index (χ1) is 22.3. The van der Waals surface area contributed by atoms with Crippen LogP contribution in [0.25, 0.3) is 0 Å². The Kier molecular flexibility index (Phi) is 11.3. The van der Waals surface area contributed by atoms with Gasteiger partial charge < -0.3 is 14.5 Å². The topological polar surface area (TPSA) is 70.9 Å². The van der Waals surface area contributed by atoms with Gasteiger partial charge in [-0.25, -0.2) is 0 Å². The SMILES string of the molecule is Cc1cccc2c1N(C(=O)COc1ccccc1)CCCN(Cc1ccccc1)CCCN(C(=O)CCc1c(C)nn(C)c1C)C2. The van der Waals surface area contributed by atoms with Crippen LogP contribution in [0, 0.1) is 20.8 Å². The largest absolute Gasteiger partial charge is 0.484 e. The second-order valence-corrected chi connectivity index (χ2v) is 12.3. The molecule has 0 unspecified atom stereocenters. The molecule has 3 aromatic carbocycles. The van der Waals surface area contributed by atoms with E-state index in [1.54, 1.807) is 0 Å². The molecule has 0 N–H and O–H groups in total. The molecule has 0 saturated carbocycles. The Hall–Kier alpha value is -4.43. The lowest BCUT2D eigenvalue weighted by molar-refractivity contribution is -0.131. The third-order valence-corrected chi connectivity index (χ3v) is 8.97. The summed E-state index contributed by atoms with van der Waals surface area (Å²) in [6.07, 6.45) is 2.77. The van der Waals surface area contributed by atoms with Gasteiger partial charge in [-0.15, -0.1) is 0 Å². The van der Waals surface area contributed by atoms with Gasteiger partial charge in [0.2, 0.25) is 5.91 Å². The number of aromatic nitrogens is 2. The van der Waals surface area contributed by atoms with Crippen molar-refractivity contribution in [3.8, 4) is 5.75 Å². The molecule has 4 aromatic rings. The van der Waals surface area contributed by atoms with Crippen molar-refractivity contribution in [3.63, 3.8) is 0 Å². The number of hydrogen-bond acceptors (Lipinski definition) is 5. The molecule has 2 heterocycles. The van der Waals surface area contributed by atoms with Crippen LogP contribution >= 0.6 is 0 Å². The number of amides is 2. The van der Waals surface area contributed by atoms with E-state index in [1.165, 1.54) is 5.56 Å². The van der Waals surface area contributed by atoms with Gasteiger partial charge in [-0.2, -0.15) is 5.10 Å². The van der Waals surface area contributed by atoms with E-state index in [9.17, 15) is 9.59 Å². The van der Waals surface area contributed by atoms with Gasteiger partial charge in [0.25, 0.3) is 5.91 Å². The second-order valence-electron chi connectivity index (χ2n) is 12.3. The van der Waals surface area contributed by atoms with Crippen LogP contribution in [0.4, 0.5) is 5.69 Å². The molecular weight excluding hydrogens is 574 g/mol. The van der Waals surface area contributed by atoms with Crippen molar-refractivity contribution in [2.24, 2.45) is 7.05 Å². The molecule has 0 atom stereocenters. The molecule has 46 heavy (non-hydrogen) atoms. The lowest BCUT2D eigenvalue weighted by Crippen LogP contribution is -2.41. The van der Waals surface area contributed by atoms with Gasteiger partial charge >= 0.3 is 0 Å². The number of ether oxygens (including phenoxy) is 1. The quantitative estimate of drug-likeness (QED) is 0.241. The van der Waals surface area contributed by atoms with E-state index < -0.39 is 0 Å². The highest BCUT2D eigenvalue weighted by molar-refractivity contribution is 5.96. The Bertz CT molecular complexity index is 1600. The summed E-state index contributed by atoms with van der Waals surface area (Å²) in [5.74, 6) is 0.693. The fourth-order valence-corrected chi connectivity index (χ4v) is 6.45. The number of fused-ring (bicyclic) bond motifs is 1. The molecule has 8 nitrogen and oxygen atoms in total. The number of carbonyl (C=O) groups excluding carboxylic acids is 2. The van der Waals surface area contributed by atoms with E-state index in [0.717, 1.165) is 66.2 Å². The summed E-state index contributed by atoms with van der Waals surface area (Å²) in [6.45, 7) is 10.3. The van der Waals surface area contributed by atoms with Crippen LogP contribution in [-0.2, 0) is 36.1 Å². The normalized spacial score (nSPS) is 14.7. The number of hydrogen-bond donors (Lipinski definition) is 0. The fourth-order valence-electron chi connectivity index (χ4n) is 6.45. The molecule has 0 radical (unpaired) electrons. The third kappa shape index (κ3) is 8.43. The van der Waals surface area contributed by atoms with Gasteiger partial charge in [-0.05, 0) is 74.4 Å². The molecule has 1 aromatic heterocycles. The molecule has 1 aliphatic heterocycles. The van der Waals surface area contributed by atoms with Crippen molar-refractivity contribution in [3.05, 3.63) is 113 Å². The Morgan fingerprint density at radius 2 is 1.50 bits per heavy atom. The first-order valence-corrected chi connectivity index (χ1v) is 16.4. The highest BCUT2D eigenvalue weighted by Crippen LogP contribution is 2.29. The van der Waals surface area contributed by atoms with Crippen molar-refractivity contribution in [1.82, 2.24) is 19.6 Å². The standard InChI is InChI=1S/C38H47N5O3/c1-29-14-11-17-33-27-42(36(44)21-20-35-30(2)39-40(4)31(35)3)24-12-22-41(26-32-15-7-5-8-16-32)23-13-25-43(38(29)33)37(45)28-46-34-18-9-6-10-19-34/h5-11,14-19H,12-13,20-28H2,1-4H3. The van der Waals surface area contributed by atoms with Crippen molar-refractivity contribution in [2.75, 3.05) is 37.7 Å². The molecule has 242 valence electrons. The number of nitrogens with zero attached hydrogens (tertiary/aromatic N) is 5. The highest BCUT2D eigenvalue weighted by Gasteiger charge is 2.25. The van der Waals surface area contributed by atoms with Crippen molar-refractivity contribution >= 4 is 17.5 Å². The summed E-state index contributed by atoms with van der Waals surface area (Å²) < 4.78 is 7.82. The molecule has 0 bridgehead atoms. The maximum atomic E-state index is 13.9. The average molecular weight is 622 g/mol. The summed E-state index contributed by atoms with van der Waals surface area (Å²) in [6, 6.07) is 26.1. The molecule has 2 amide bonds. The van der Waals surface area contributed by atoms with Crippen LogP contribution in [0.15, 0.2) is 78.9 Å². The van der Waals surface area contributed by atoms with Crippen molar-refractivity contribution < 1.29 is 14.3 Å². The summed E-state index contributed by atoms with van der Waals surface area (Å²) >= 11 is 0. The summed E-state index contributed by atoms with van der Waals surface area (Å²) in [5, 5.41) is 4.55. The molecule has 0 spiro atoms. The van der Waals surface area contributed by atoms with Crippen LogP contribution in [0.5, 0.6) is 5.75 Å². The van der Waals surface area contributed by atoms with Crippen LogP contribution in [0.3, 0.4) is 0 Å². The van der Waals surface area contributed by atoms with Gasteiger partial charge in [0.05, 0.1) is 11.4 Å². The number of benzene rings is 3. The Morgan fingerprint density at radius 1 is 0.804 bits per heavy atom. The van der Waals surface area contributed by atoms with E-state index in [4.69, 9.17) is 4.74 Å². The first kappa shape index (κ1) is 32.9. The Labute approximate surface area is 273 Å². The Morgan fingerprint density at radius 3 is 2.20 bits per heavy atom. The molecule has 0 aliphatic carbocycles. The zero-order valence-corrected chi connectivity index (χ0v) is 27.7. The van der Waals surface area contributed by atoms with E-state index in [-0.39, 0.29) is 18.4 Å². The van der Waals surface area contributed by atoms with Gasteiger partial charge in [0.15, 0.2) is 6.61 Å². The lowest BCUT2D eigenvalue weighted by atomic mass is 10.0. The zero-order valence-electron chi connectivity index (χ0n) is 27.7. The molecular formula is C38H47N5O3. The van der Waals surface area contributed by atoms with Crippen LogP contribution < -0.4 is 9.64 Å². The van der Waals surface area contributed by atoms with Gasteiger partial charge in [-0.3, -0.25) is 19.2 Å². The maximum absolute atomic E-state index is 13.9. The van der Waals surface area contributed by atoms with Crippen molar-refractivity contribution in [2.45, 2.75) is 59.5 Å². The third-order valence-electron chi connectivity index (χ3n) is 8.97. The zero-order chi connectivity index (χ0) is 32.5. The van der Waals surface area contributed by atoms with Gasteiger partial charge in [-0.1, -0.05) is 66.7 Å². The van der Waals surface area contributed by atoms with Crippen LogP contribution in [0.2, 0.25) is 0 Å². The number of carbonyl (C=O) groups is 2. The summed E-state index contributed by atoms with van der Waals surface area (Å²) in [4.78, 5) is 34.2. The fraction of sp³-hybridized carbons (Fsp3) is 0.395. The van der Waals surface area contributed by atoms with Gasteiger partial charge in [0, 0.05) is 58.4 Å². The van der Waals surface area contributed by atoms with Crippen LogP contribution in [-0.4, -0.2) is 64.2 Å². The van der Waals surface area contributed by atoms with E-state index in [2.05, 4.69) is 47.3 Å². The number of rotatable bonds is 8. The molecule has 0 fully saturated rings. The summed E-state index contributed by atoms with van der Waals surface area (Å²) in [5.41, 5.74) is 7.36. The number of para-hydroxylation sites is 2. The second kappa shape index (κ2) is 15.7. The number of aryl methyl sites for hydroxylation is 3. The maximum Gasteiger partial charge on any atom is 0.264 e. The predicted octanol–water partition coefficient (Wildman–Crippen LogP) is 6.01. The minimum Gasteiger partial charge on any atom is -0.484 e. The van der Waals surface area contributed by atoms with Crippen molar-refractivity contribution in [1.29, 1.82) is 0 Å². The first-order valence-electron chi connectivity index (χ1n) is 16.4. The molecule has 1 aliphatic rings. The highest BCUT2D eigenvalue weighted by atomic mass is 16.5. The molecule has 5 rings (SSSR count). The van der Waals surface area contributed by atoms with E-state index in [1.807, 2.05) is 83.9 Å². The smallest absolute Gasteiger partial charge is 0.264 e. The monoisotopic (exact) mass is 621 g/mol. The van der Waals surface area contributed by atoms with E-state index >= 15 is 0 Å². The van der Waals surface area contributed by atoms with Crippen LogP contribution in [0.1, 0.15) is 52.9 Å². The Balaban J connectivity index is 1.42. The molecule has 0 saturated heterocycles. The van der Waals surface area contributed by atoms with Gasteiger partial charge in [0.1, 0.15) is 5.75 Å². The summed E-state index contributed by atoms with van der Waals surface area (Å²) in [7, 11) is 1.95. The minimum atomic E-state index is -0.0912.